The van der Waals surface area contributed by atoms with Crippen LogP contribution in [0.15, 0.2) is 66.7 Å². The van der Waals surface area contributed by atoms with Gasteiger partial charge in [-0.1, -0.05) is 55.7 Å². The van der Waals surface area contributed by atoms with Gasteiger partial charge in [-0.3, -0.25) is 9.62 Å². The van der Waals surface area contributed by atoms with Crippen LogP contribution in [0.25, 0.3) is 0 Å². The Morgan fingerprint density at radius 2 is 1.47 bits per heavy atom. The fraction of sp³-hybridized carbons (Fsp3) is 0.514. The number of ether oxygens (including phenoxy) is 1. The Bertz CT molecular complexity index is 1460. The number of anilines is 1. The average Bonchev–Trinajstić information content (AvgIpc) is 3.01. The van der Waals surface area contributed by atoms with Crippen LogP contribution < -0.4 is 14.8 Å². The average molecular weight is 670 g/mol. The Hall–Kier alpha value is -3.31. The van der Waals surface area contributed by atoms with Gasteiger partial charge in [-0.2, -0.15) is 0 Å². The highest BCUT2D eigenvalue weighted by Gasteiger charge is 2.22. The molecule has 3 rings (SSSR count). The highest BCUT2D eigenvalue weighted by Crippen LogP contribution is 2.37. The summed E-state index contributed by atoms with van der Waals surface area (Å²) >= 11 is 0. The summed E-state index contributed by atoms with van der Waals surface area (Å²) in [6, 6.07) is 21.3. The van der Waals surface area contributed by atoms with E-state index >= 15 is 0 Å². The van der Waals surface area contributed by atoms with E-state index in [2.05, 4.69) is 66.9 Å². The number of aromatic hydroxyl groups is 2. The number of hydrogen-bond donors (Lipinski definition) is 5. The number of benzene rings is 3. The molecule has 2 atom stereocenters. The first-order valence-corrected chi connectivity index (χ1v) is 18.7. The molecule has 0 aromatic heterocycles. The van der Waals surface area contributed by atoms with Crippen molar-refractivity contribution in [3.05, 3.63) is 83.4 Å². The maximum Gasteiger partial charge on any atom is 0.229 e. The zero-order valence-corrected chi connectivity index (χ0v) is 29.5. The van der Waals surface area contributed by atoms with E-state index in [4.69, 9.17) is 4.74 Å². The topological polar surface area (TPSA) is 131 Å². The van der Waals surface area contributed by atoms with E-state index in [0.717, 1.165) is 69.2 Å². The molecular weight excluding hydrogens is 614 g/mol. The first kappa shape index (κ1) is 38.1. The largest absolute Gasteiger partial charge is 0.508 e. The summed E-state index contributed by atoms with van der Waals surface area (Å²) in [5, 5.41) is 34.5. The number of aliphatic hydroxyl groups excluding tert-OH is 1. The number of rotatable bonds is 21. The Balaban J connectivity index is 1.40. The van der Waals surface area contributed by atoms with E-state index in [1.165, 1.54) is 17.7 Å². The molecule has 0 spiro atoms. The van der Waals surface area contributed by atoms with Crippen molar-refractivity contribution >= 4 is 15.7 Å². The van der Waals surface area contributed by atoms with Gasteiger partial charge in [-0.05, 0) is 102 Å². The van der Waals surface area contributed by atoms with Crippen LogP contribution in [0, 0.1) is 0 Å². The standard InChI is InChI=1S/C37H55N3O6S/c1-27(2)40(28(3)4)22-20-32(29-14-10-9-11-15-29)33-25-31(17-19-35(33)41)46-23-13-8-6-7-12-21-38-26-37(43)30-16-18-36(42)34(24-30)39-47(5,44)45/h9-11,14-19,24-25,27-28,32,37-39,41-43H,6-8,12-13,20-23,26H2,1-5H3. The van der Waals surface area contributed by atoms with Gasteiger partial charge in [0.2, 0.25) is 10.0 Å². The van der Waals surface area contributed by atoms with Crippen molar-refractivity contribution in [1.29, 1.82) is 0 Å². The van der Waals surface area contributed by atoms with E-state index in [-0.39, 0.29) is 17.4 Å². The first-order valence-electron chi connectivity index (χ1n) is 16.8. The predicted octanol–water partition coefficient (Wildman–Crippen LogP) is 6.76. The van der Waals surface area contributed by atoms with Crippen LogP contribution in [0.1, 0.15) is 94.9 Å². The van der Waals surface area contributed by atoms with E-state index in [1.807, 2.05) is 18.2 Å². The zero-order chi connectivity index (χ0) is 34.4. The molecule has 260 valence electrons. The second-order valence-electron chi connectivity index (χ2n) is 12.9. The smallest absolute Gasteiger partial charge is 0.229 e. The number of nitrogens with one attached hydrogen (secondary N) is 2. The maximum absolute atomic E-state index is 11.5. The second kappa shape index (κ2) is 18.9. The van der Waals surface area contributed by atoms with Crippen molar-refractivity contribution < 1.29 is 28.5 Å². The highest BCUT2D eigenvalue weighted by molar-refractivity contribution is 7.92. The molecule has 0 heterocycles. The number of phenolic OH excluding ortho intramolecular Hbond substituents is 2. The lowest BCUT2D eigenvalue weighted by Crippen LogP contribution is -2.38. The van der Waals surface area contributed by atoms with Gasteiger partial charge in [-0.15, -0.1) is 0 Å². The number of unbranched alkanes of at least 4 members (excludes halogenated alkanes) is 4. The molecule has 2 unspecified atom stereocenters. The molecule has 0 aliphatic rings. The Labute approximate surface area is 282 Å². The first-order chi connectivity index (χ1) is 22.4. The summed E-state index contributed by atoms with van der Waals surface area (Å²) in [5.74, 6) is 0.939. The fourth-order valence-corrected chi connectivity index (χ4v) is 6.51. The number of aliphatic hydroxyl groups is 1. The van der Waals surface area contributed by atoms with Crippen LogP contribution in [0.2, 0.25) is 0 Å². The van der Waals surface area contributed by atoms with E-state index in [1.54, 1.807) is 12.1 Å². The summed E-state index contributed by atoms with van der Waals surface area (Å²) in [5.41, 5.74) is 2.65. The minimum Gasteiger partial charge on any atom is -0.508 e. The summed E-state index contributed by atoms with van der Waals surface area (Å²) in [4.78, 5) is 2.49. The van der Waals surface area contributed by atoms with Crippen molar-refractivity contribution in [3.8, 4) is 17.2 Å². The van der Waals surface area contributed by atoms with Crippen LogP contribution in [0.4, 0.5) is 5.69 Å². The summed E-state index contributed by atoms with van der Waals surface area (Å²) in [7, 11) is -3.54. The van der Waals surface area contributed by atoms with Crippen LogP contribution >= 0.6 is 0 Å². The van der Waals surface area contributed by atoms with Crippen molar-refractivity contribution in [2.45, 2.75) is 90.3 Å². The van der Waals surface area contributed by atoms with Gasteiger partial charge in [0.15, 0.2) is 0 Å². The molecule has 47 heavy (non-hydrogen) atoms. The number of sulfonamides is 1. The molecule has 9 nitrogen and oxygen atoms in total. The number of hydrogen-bond acceptors (Lipinski definition) is 8. The van der Waals surface area contributed by atoms with E-state index in [9.17, 15) is 23.7 Å². The molecule has 0 aliphatic carbocycles. The zero-order valence-electron chi connectivity index (χ0n) is 28.7. The lowest BCUT2D eigenvalue weighted by Gasteiger charge is -2.32. The van der Waals surface area contributed by atoms with Crippen LogP contribution in [-0.2, 0) is 10.0 Å². The van der Waals surface area contributed by atoms with Gasteiger partial charge in [0.05, 0.1) is 24.7 Å². The predicted molar refractivity (Wildman–Crippen MR) is 191 cm³/mol. The van der Waals surface area contributed by atoms with Gasteiger partial charge >= 0.3 is 0 Å². The normalized spacial score (nSPS) is 13.3. The summed E-state index contributed by atoms with van der Waals surface area (Å²) in [6.45, 7) is 11.5. The Morgan fingerprint density at radius 3 is 2.15 bits per heavy atom. The molecule has 3 aromatic rings. The molecule has 0 saturated heterocycles. The van der Waals surface area contributed by atoms with Gasteiger partial charge in [-0.25, -0.2) is 8.42 Å². The van der Waals surface area contributed by atoms with Crippen LogP contribution in [0.3, 0.4) is 0 Å². The van der Waals surface area contributed by atoms with Crippen molar-refractivity contribution in [3.63, 3.8) is 0 Å². The highest BCUT2D eigenvalue weighted by atomic mass is 32.2. The van der Waals surface area contributed by atoms with Gasteiger partial charge in [0.25, 0.3) is 0 Å². The van der Waals surface area contributed by atoms with E-state index < -0.39 is 16.1 Å². The minimum absolute atomic E-state index is 0.0468. The minimum atomic E-state index is -3.54. The molecular formula is C37H55N3O6S. The molecule has 0 amide bonds. The Morgan fingerprint density at radius 1 is 0.809 bits per heavy atom. The molecule has 0 saturated carbocycles. The molecule has 0 radical (unpaired) electrons. The second-order valence-corrected chi connectivity index (χ2v) is 14.6. The number of phenols is 2. The molecule has 3 aromatic carbocycles. The van der Waals surface area contributed by atoms with Gasteiger partial charge in [0.1, 0.15) is 17.2 Å². The van der Waals surface area contributed by atoms with Crippen molar-refractivity contribution in [2.24, 2.45) is 0 Å². The molecule has 0 bridgehead atoms. The summed E-state index contributed by atoms with van der Waals surface area (Å²) in [6.07, 6.45) is 6.15. The van der Waals surface area contributed by atoms with Gasteiger partial charge in [0, 0.05) is 30.1 Å². The fourth-order valence-electron chi connectivity index (χ4n) is 5.95. The SMILES string of the molecule is CC(C)N(CCC(c1ccccc1)c1cc(OCCCCCCCNCC(O)c2ccc(O)c(NS(C)(=O)=O)c2)ccc1O)C(C)C. The van der Waals surface area contributed by atoms with Crippen molar-refractivity contribution in [1.82, 2.24) is 10.2 Å². The quantitative estimate of drug-likeness (QED) is 0.0621. The molecule has 5 N–H and O–H groups in total. The third kappa shape index (κ3) is 13.0. The monoisotopic (exact) mass is 669 g/mol. The molecule has 0 fully saturated rings. The maximum atomic E-state index is 11.5. The van der Waals surface area contributed by atoms with E-state index in [0.29, 0.717) is 36.5 Å². The third-order valence-electron chi connectivity index (χ3n) is 8.38. The third-order valence-corrected chi connectivity index (χ3v) is 8.97. The Kier molecular flexibility index (Phi) is 15.3. The van der Waals surface area contributed by atoms with Crippen molar-refractivity contribution in [2.75, 3.05) is 37.2 Å². The van der Waals surface area contributed by atoms with Crippen LogP contribution in [-0.4, -0.2) is 73.2 Å². The lowest BCUT2D eigenvalue weighted by molar-refractivity contribution is 0.170. The van der Waals surface area contributed by atoms with Crippen LogP contribution in [0.5, 0.6) is 17.2 Å². The number of nitrogens with zero attached hydrogens (tertiary/aromatic N) is 1. The summed E-state index contributed by atoms with van der Waals surface area (Å²) < 4.78 is 31.4. The molecule has 0 aliphatic heterocycles. The lowest BCUT2D eigenvalue weighted by atomic mass is 9.87. The van der Waals surface area contributed by atoms with Gasteiger partial charge < -0.3 is 25.4 Å². The molecule has 10 heteroatoms.